The molecule has 0 spiro atoms. The zero-order chi connectivity index (χ0) is 16.0. The summed E-state index contributed by atoms with van der Waals surface area (Å²) in [6.45, 7) is 6.16. The van der Waals surface area contributed by atoms with Crippen molar-refractivity contribution in [1.29, 1.82) is 0 Å². The summed E-state index contributed by atoms with van der Waals surface area (Å²) < 4.78 is 9.63. The average Bonchev–Trinajstić information content (AvgIpc) is 3.14. The molecular weight excluding hydrogens is 294 g/mol. The second-order valence-corrected chi connectivity index (χ2v) is 6.11. The molecule has 0 aromatic carbocycles. The minimum atomic E-state index is -0.397. The number of morpholine rings is 1. The van der Waals surface area contributed by atoms with Crippen molar-refractivity contribution in [3.63, 3.8) is 0 Å². The molecule has 0 aliphatic carbocycles. The Morgan fingerprint density at radius 1 is 1.26 bits per heavy atom. The van der Waals surface area contributed by atoms with Gasteiger partial charge in [-0.2, -0.15) is 9.61 Å². The van der Waals surface area contributed by atoms with E-state index in [0.29, 0.717) is 6.61 Å². The summed E-state index contributed by atoms with van der Waals surface area (Å²) in [5.74, 6) is 1.68. The molecule has 3 aromatic heterocycles. The number of anilines is 1. The largest absolute Gasteiger partial charge is 0.367 e. The van der Waals surface area contributed by atoms with Gasteiger partial charge in [-0.15, -0.1) is 15.3 Å². The third-order valence-electron chi connectivity index (χ3n) is 4.32. The van der Waals surface area contributed by atoms with E-state index in [2.05, 4.69) is 32.2 Å². The first-order chi connectivity index (χ1) is 11.0. The second kappa shape index (κ2) is 5.02. The fourth-order valence-corrected chi connectivity index (χ4v) is 2.99. The Morgan fingerprint density at radius 2 is 2.13 bits per heavy atom. The van der Waals surface area contributed by atoms with Crippen LogP contribution in [0.25, 0.3) is 5.65 Å². The highest BCUT2D eigenvalue weighted by molar-refractivity contribution is 5.46. The van der Waals surface area contributed by atoms with Crippen LogP contribution in [0, 0.1) is 6.92 Å². The number of ether oxygens (including phenoxy) is 1. The van der Waals surface area contributed by atoms with Gasteiger partial charge in [0.25, 0.3) is 0 Å². The van der Waals surface area contributed by atoms with Gasteiger partial charge in [-0.3, -0.25) is 4.68 Å². The first kappa shape index (κ1) is 14.1. The molecule has 120 valence electrons. The Hall–Kier alpha value is -2.48. The van der Waals surface area contributed by atoms with Crippen molar-refractivity contribution in [2.45, 2.75) is 19.4 Å². The average molecular weight is 313 g/mol. The number of aromatic nitrogens is 6. The molecule has 8 nitrogen and oxygen atoms in total. The first-order valence-electron chi connectivity index (χ1n) is 7.62. The van der Waals surface area contributed by atoms with Crippen molar-refractivity contribution in [3.05, 3.63) is 35.9 Å². The standard InChI is InChI=1S/C15H19N7O/c1-11-17-18-13-4-5-14(19-22(11)13)21-6-7-23-15(2,10-21)12-8-16-20(3)9-12/h4-5,8-9H,6-7,10H2,1-3H3. The maximum atomic E-state index is 6.06. The quantitative estimate of drug-likeness (QED) is 0.700. The van der Waals surface area contributed by atoms with Crippen molar-refractivity contribution >= 4 is 11.5 Å². The number of rotatable bonds is 2. The van der Waals surface area contributed by atoms with E-state index in [0.717, 1.165) is 35.9 Å². The number of hydrogen-bond donors (Lipinski definition) is 0. The summed E-state index contributed by atoms with van der Waals surface area (Å²) in [5, 5.41) is 17.1. The number of fused-ring (bicyclic) bond motifs is 1. The fourth-order valence-electron chi connectivity index (χ4n) is 2.99. The molecule has 1 atom stereocenters. The highest BCUT2D eigenvalue weighted by Gasteiger charge is 2.35. The van der Waals surface area contributed by atoms with E-state index in [1.165, 1.54) is 0 Å². The Balaban J connectivity index is 1.66. The van der Waals surface area contributed by atoms with Crippen molar-refractivity contribution in [2.75, 3.05) is 24.6 Å². The van der Waals surface area contributed by atoms with Crippen molar-refractivity contribution in [2.24, 2.45) is 7.05 Å². The maximum Gasteiger partial charge on any atom is 0.178 e. The summed E-state index contributed by atoms with van der Waals surface area (Å²) in [6, 6.07) is 3.93. The SMILES string of the molecule is Cc1nnc2ccc(N3CCOC(C)(c4cnn(C)c4)C3)nn12. The lowest BCUT2D eigenvalue weighted by molar-refractivity contribution is -0.0468. The lowest BCUT2D eigenvalue weighted by Gasteiger charge is -2.40. The molecule has 1 aliphatic heterocycles. The van der Waals surface area contributed by atoms with Crippen LogP contribution in [0.5, 0.6) is 0 Å². The van der Waals surface area contributed by atoms with Crippen LogP contribution >= 0.6 is 0 Å². The van der Waals surface area contributed by atoms with Crippen LogP contribution in [0.4, 0.5) is 5.82 Å². The van der Waals surface area contributed by atoms with E-state index >= 15 is 0 Å². The fraction of sp³-hybridized carbons (Fsp3) is 0.467. The molecule has 1 aliphatic rings. The number of hydrogen-bond acceptors (Lipinski definition) is 6. The smallest absolute Gasteiger partial charge is 0.178 e. The minimum absolute atomic E-state index is 0.397. The zero-order valence-electron chi connectivity index (χ0n) is 13.5. The van der Waals surface area contributed by atoms with Gasteiger partial charge in [0.2, 0.25) is 0 Å². The topological polar surface area (TPSA) is 73.4 Å². The van der Waals surface area contributed by atoms with Gasteiger partial charge in [0.05, 0.1) is 19.3 Å². The van der Waals surface area contributed by atoms with Gasteiger partial charge in [0.1, 0.15) is 11.4 Å². The maximum absolute atomic E-state index is 6.06. The van der Waals surface area contributed by atoms with E-state index < -0.39 is 5.60 Å². The minimum Gasteiger partial charge on any atom is -0.367 e. The van der Waals surface area contributed by atoms with Crippen LogP contribution in [0.3, 0.4) is 0 Å². The lowest BCUT2D eigenvalue weighted by atomic mass is 9.97. The van der Waals surface area contributed by atoms with Crippen molar-refractivity contribution < 1.29 is 4.74 Å². The summed E-state index contributed by atoms with van der Waals surface area (Å²) >= 11 is 0. The molecule has 0 amide bonds. The van der Waals surface area contributed by atoms with Gasteiger partial charge < -0.3 is 9.64 Å². The molecule has 4 rings (SSSR count). The molecule has 23 heavy (non-hydrogen) atoms. The van der Waals surface area contributed by atoms with Gasteiger partial charge in [-0.1, -0.05) is 0 Å². The van der Waals surface area contributed by atoms with E-state index in [1.54, 1.807) is 9.20 Å². The van der Waals surface area contributed by atoms with Gasteiger partial charge in [-0.25, -0.2) is 0 Å². The molecule has 0 saturated carbocycles. The van der Waals surface area contributed by atoms with Gasteiger partial charge >= 0.3 is 0 Å². The third kappa shape index (κ3) is 2.35. The monoisotopic (exact) mass is 313 g/mol. The van der Waals surface area contributed by atoms with Gasteiger partial charge in [0, 0.05) is 25.4 Å². The molecule has 0 bridgehead atoms. The zero-order valence-corrected chi connectivity index (χ0v) is 13.5. The molecule has 0 radical (unpaired) electrons. The van der Waals surface area contributed by atoms with E-state index in [-0.39, 0.29) is 0 Å². The van der Waals surface area contributed by atoms with E-state index in [9.17, 15) is 0 Å². The number of aryl methyl sites for hydroxylation is 2. The Kier molecular flexibility index (Phi) is 3.08. The first-order valence-corrected chi connectivity index (χ1v) is 7.62. The summed E-state index contributed by atoms with van der Waals surface area (Å²) in [5.41, 5.74) is 1.44. The molecule has 4 heterocycles. The van der Waals surface area contributed by atoms with Gasteiger partial charge in [-0.05, 0) is 26.0 Å². The number of nitrogens with zero attached hydrogens (tertiary/aromatic N) is 7. The van der Waals surface area contributed by atoms with Crippen LogP contribution in [-0.4, -0.2) is 49.3 Å². The van der Waals surface area contributed by atoms with E-state index in [4.69, 9.17) is 4.74 Å². The summed E-state index contributed by atoms with van der Waals surface area (Å²) in [7, 11) is 1.91. The molecule has 1 unspecified atom stereocenters. The molecule has 3 aromatic rings. The Labute approximate surface area is 133 Å². The summed E-state index contributed by atoms with van der Waals surface area (Å²) in [6.07, 6.45) is 3.87. The van der Waals surface area contributed by atoms with Crippen LogP contribution in [0.2, 0.25) is 0 Å². The highest BCUT2D eigenvalue weighted by atomic mass is 16.5. The molecule has 1 fully saturated rings. The predicted molar refractivity (Wildman–Crippen MR) is 84.2 cm³/mol. The second-order valence-electron chi connectivity index (χ2n) is 6.11. The van der Waals surface area contributed by atoms with Crippen molar-refractivity contribution in [1.82, 2.24) is 29.6 Å². The van der Waals surface area contributed by atoms with Gasteiger partial charge in [0.15, 0.2) is 11.5 Å². The molecular formula is C15H19N7O. The molecule has 8 heteroatoms. The van der Waals surface area contributed by atoms with Crippen LogP contribution in [0.15, 0.2) is 24.5 Å². The Morgan fingerprint density at radius 3 is 2.91 bits per heavy atom. The highest BCUT2D eigenvalue weighted by Crippen LogP contribution is 2.30. The van der Waals surface area contributed by atoms with Crippen LogP contribution in [-0.2, 0) is 17.4 Å². The normalized spacial score (nSPS) is 22.0. The van der Waals surface area contributed by atoms with E-state index in [1.807, 2.05) is 38.5 Å². The molecule has 0 N–H and O–H groups in total. The van der Waals surface area contributed by atoms with Crippen molar-refractivity contribution in [3.8, 4) is 0 Å². The predicted octanol–water partition coefficient (Wildman–Crippen LogP) is 0.918. The summed E-state index contributed by atoms with van der Waals surface area (Å²) in [4.78, 5) is 2.23. The van der Waals surface area contributed by atoms with Crippen LogP contribution < -0.4 is 4.90 Å². The van der Waals surface area contributed by atoms with Crippen LogP contribution in [0.1, 0.15) is 18.3 Å². The lowest BCUT2D eigenvalue weighted by Crippen LogP contribution is -2.48. The Bertz CT molecular complexity index is 855. The third-order valence-corrected chi connectivity index (χ3v) is 4.32. The molecule has 1 saturated heterocycles.